The Labute approximate surface area is 119 Å². The van der Waals surface area contributed by atoms with Crippen LogP contribution in [0.2, 0.25) is 5.02 Å². The molecule has 0 aromatic heterocycles. The summed E-state index contributed by atoms with van der Waals surface area (Å²) in [5, 5.41) is 3.78. The highest BCUT2D eigenvalue weighted by atomic mass is 35.5. The van der Waals surface area contributed by atoms with Crippen molar-refractivity contribution in [2.45, 2.75) is 37.1 Å². The van der Waals surface area contributed by atoms with Crippen LogP contribution in [-0.2, 0) is 10.0 Å². The van der Waals surface area contributed by atoms with Crippen LogP contribution >= 0.6 is 11.6 Å². The van der Waals surface area contributed by atoms with E-state index in [4.69, 9.17) is 11.6 Å². The molecule has 1 atom stereocenters. The van der Waals surface area contributed by atoms with Crippen LogP contribution in [0.5, 0.6) is 0 Å². The minimum absolute atomic E-state index is 0.263. The molecule has 0 aliphatic carbocycles. The predicted octanol–water partition coefficient (Wildman–Crippen LogP) is 2.07. The van der Waals surface area contributed by atoms with Crippen molar-refractivity contribution in [3.05, 3.63) is 28.8 Å². The molecule has 1 aromatic rings. The van der Waals surface area contributed by atoms with Gasteiger partial charge in [-0.15, -0.1) is 0 Å². The molecule has 1 saturated heterocycles. The highest BCUT2D eigenvalue weighted by molar-refractivity contribution is 7.89. The molecular weight excluding hydrogens is 284 g/mol. The Balaban J connectivity index is 1.99. The van der Waals surface area contributed by atoms with Gasteiger partial charge in [-0.3, -0.25) is 0 Å². The Morgan fingerprint density at radius 2 is 2.26 bits per heavy atom. The molecule has 1 aliphatic heterocycles. The molecule has 1 heterocycles. The number of hydrogen-bond acceptors (Lipinski definition) is 3. The zero-order valence-corrected chi connectivity index (χ0v) is 12.5. The number of sulfonamides is 1. The van der Waals surface area contributed by atoms with Crippen LogP contribution in [0.1, 0.15) is 24.8 Å². The highest BCUT2D eigenvalue weighted by Gasteiger charge is 2.19. The number of aryl methyl sites for hydroxylation is 1. The van der Waals surface area contributed by atoms with Gasteiger partial charge in [0, 0.05) is 17.6 Å². The van der Waals surface area contributed by atoms with Crippen LogP contribution in [0.3, 0.4) is 0 Å². The van der Waals surface area contributed by atoms with Gasteiger partial charge in [-0.05, 0) is 50.4 Å². The average Bonchev–Trinajstić information content (AvgIpc) is 2.85. The van der Waals surface area contributed by atoms with Crippen molar-refractivity contribution < 1.29 is 8.42 Å². The Hall–Kier alpha value is -0.620. The monoisotopic (exact) mass is 302 g/mol. The van der Waals surface area contributed by atoms with E-state index in [-0.39, 0.29) is 4.90 Å². The molecule has 0 unspecified atom stereocenters. The van der Waals surface area contributed by atoms with Crippen molar-refractivity contribution in [3.63, 3.8) is 0 Å². The smallest absolute Gasteiger partial charge is 0.240 e. The average molecular weight is 303 g/mol. The maximum Gasteiger partial charge on any atom is 0.240 e. The molecule has 0 saturated carbocycles. The van der Waals surface area contributed by atoms with E-state index in [0.29, 0.717) is 23.2 Å². The Morgan fingerprint density at radius 1 is 1.47 bits per heavy atom. The van der Waals surface area contributed by atoms with Gasteiger partial charge in [-0.25, -0.2) is 13.1 Å². The maximum atomic E-state index is 12.2. The molecule has 4 nitrogen and oxygen atoms in total. The van der Waals surface area contributed by atoms with E-state index >= 15 is 0 Å². The van der Waals surface area contributed by atoms with E-state index in [2.05, 4.69) is 10.0 Å². The third kappa shape index (κ3) is 3.92. The SMILES string of the molecule is Cc1ccc(Cl)cc1S(=O)(=O)NCC[C@H]1CCCN1. The second-order valence-electron chi connectivity index (χ2n) is 4.89. The third-order valence-electron chi connectivity index (χ3n) is 3.39. The highest BCUT2D eigenvalue weighted by Crippen LogP contribution is 2.20. The fourth-order valence-corrected chi connectivity index (χ4v) is 3.86. The molecule has 0 bridgehead atoms. The summed E-state index contributed by atoms with van der Waals surface area (Å²) >= 11 is 5.86. The minimum Gasteiger partial charge on any atom is -0.314 e. The summed E-state index contributed by atoms with van der Waals surface area (Å²) in [5.41, 5.74) is 0.705. The minimum atomic E-state index is -3.47. The van der Waals surface area contributed by atoms with Crippen molar-refractivity contribution in [3.8, 4) is 0 Å². The van der Waals surface area contributed by atoms with Crippen molar-refractivity contribution in [1.29, 1.82) is 0 Å². The van der Waals surface area contributed by atoms with E-state index < -0.39 is 10.0 Å². The van der Waals surface area contributed by atoms with E-state index in [0.717, 1.165) is 19.4 Å². The topological polar surface area (TPSA) is 58.2 Å². The van der Waals surface area contributed by atoms with E-state index in [9.17, 15) is 8.42 Å². The fourth-order valence-electron chi connectivity index (χ4n) is 2.31. The van der Waals surface area contributed by atoms with Gasteiger partial charge in [0.25, 0.3) is 0 Å². The van der Waals surface area contributed by atoms with Crippen molar-refractivity contribution in [2.24, 2.45) is 0 Å². The largest absolute Gasteiger partial charge is 0.314 e. The number of halogens is 1. The zero-order valence-electron chi connectivity index (χ0n) is 10.9. The lowest BCUT2D eigenvalue weighted by atomic mass is 10.2. The number of nitrogens with one attached hydrogen (secondary N) is 2. The summed E-state index contributed by atoms with van der Waals surface area (Å²) in [4.78, 5) is 0.263. The predicted molar refractivity (Wildman–Crippen MR) is 77.0 cm³/mol. The van der Waals surface area contributed by atoms with Gasteiger partial charge in [0.05, 0.1) is 4.90 Å². The molecule has 19 heavy (non-hydrogen) atoms. The Kier molecular flexibility index (Phi) is 4.84. The van der Waals surface area contributed by atoms with Crippen LogP contribution in [0.25, 0.3) is 0 Å². The first-order valence-electron chi connectivity index (χ1n) is 6.48. The molecule has 1 aromatic carbocycles. The van der Waals surface area contributed by atoms with Crippen LogP contribution in [0, 0.1) is 6.92 Å². The van der Waals surface area contributed by atoms with Gasteiger partial charge in [0.2, 0.25) is 10.0 Å². The number of benzene rings is 1. The van der Waals surface area contributed by atoms with Gasteiger partial charge in [0.15, 0.2) is 0 Å². The summed E-state index contributed by atoms with van der Waals surface area (Å²) in [6, 6.07) is 5.34. The summed E-state index contributed by atoms with van der Waals surface area (Å²) in [6.07, 6.45) is 3.11. The quantitative estimate of drug-likeness (QED) is 0.875. The molecule has 0 radical (unpaired) electrons. The normalized spacial score (nSPS) is 19.8. The molecule has 1 aliphatic rings. The van der Waals surface area contributed by atoms with Crippen LogP contribution in [0.15, 0.2) is 23.1 Å². The van der Waals surface area contributed by atoms with Crippen LogP contribution < -0.4 is 10.0 Å². The molecule has 6 heteroatoms. The fraction of sp³-hybridized carbons (Fsp3) is 0.538. The lowest BCUT2D eigenvalue weighted by molar-refractivity contribution is 0.539. The number of rotatable bonds is 5. The zero-order chi connectivity index (χ0) is 13.9. The van der Waals surface area contributed by atoms with Crippen molar-refractivity contribution >= 4 is 21.6 Å². The van der Waals surface area contributed by atoms with E-state index in [1.54, 1.807) is 19.1 Å². The number of hydrogen-bond donors (Lipinski definition) is 2. The van der Waals surface area contributed by atoms with Crippen molar-refractivity contribution in [2.75, 3.05) is 13.1 Å². The second kappa shape index (κ2) is 6.22. The first-order valence-corrected chi connectivity index (χ1v) is 8.34. The summed E-state index contributed by atoms with van der Waals surface area (Å²) in [5.74, 6) is 0. The van der Waals surface area contributed by atoms with Crippen LogP contribution in [-0.4, -0.2) is 27.5 Å². The molecule has 2 N–H and O–H groups in total. The summed E-state index contributed by atoms with van der Waals surface area (Å²) in [7, 11) is -3.47. The summed E-state index contributed by atoms with van der Waals surface area (Å²) in [6.45, 7) is 3.25. The Bertz CT molecular complexity index is 540. The van der Waals surface area contributed by atoms with Gasteiger partial charge in [-0.1, -0.05) is 17.7 Å². The second-order valence-corrected chi connectivity index (χ2v) is 7.06. The van der Waals surface area contributed by atoms with Crippen LogP contribution in [0.4, 0.5) is 0 Å². The molecule has 106 valence electrons. The molecular formula is C13H19ClN2O2S. The van der Waals surface area contributed by atoms with Gasteiger partial charge < -0.3 is 5.32 Å². The lowest BCUT2D eigenvalue weighted by Crippen LogP contribution is -2.31. The maximum absolute atomic E-state index is 12.2. The summed E-state index contributed by atoms with van der Waals surface area (Å²) < 4.78 is 27.0. The van der Waals surface area contributed by atoms with Gasteiger partial charge in [0.1, 0.15) is 0 Å². The first-order chi connectivity index (χ1) is 8.99. The first kappa shape index (κ1) is 14.8. The molecule has 0 spiro atoms. The molecule has 0 amide bonds. The molecule has 2 rings (SSSR count). The van der Waals surface area contributed by atoms with Crippen molar-refractivity contribution in [1.82, 2.24) is 10.0 Å². The standard InChI is InChI=1S/C13H19ClN2O2S/c1-10-4-5-11(14)9-13(10)19(17,18)16-8-6-12-3-2-7-15-12/h4-5,9,12,15-16H,2-3,6-8H2,1H3/t12-/m1/s1. The lowest BCUT2D eigenvalue weighted by Gasteiger charge is -2.12. The van der Waals surface area contributed by atoms with Gasteiger partial charge >= 0.3 is 0 Å². The Morgan fingerprint density at radius 3 is 2.95 bits per heavy atom. The van der Waals surface area contributed by atoms with Gasteiger partial charge in [-0.2, -0.15) is 0 Å². The van der Waals surface area contributed by atoms with E-state index in [1.807, 2.05) is 0 Å². The van der Waals surface area contributed by atoms with E-state index in [1.165, 1.54) is 12.5 Å². The third-order valence-corrected chi connectivity index (χ3v) is 5.23. The molecule has 1 fully saturated rings.